The minimum absolute atomic E-state index is 0.00274. The van der Waals surface area contributed by atoms with Crippen molar-refractivity contribution in [2.75, 3.05) is 13.4 Å². The van der Waals surface area contributed by atoms with Gasteiger partial charge in [0.05, 0.1) is 6.61 Å². The van der Waals surface area contributed by atoms with Crippen LogP contribution in [0.3, 0.4) is 0 Å². The second-order valence-corrected chi connectivity index (χ2v) is 6.36. The van der Waals surface area contributed by atoms with E-state index < -0.39 is 5.97 Å². The number of carbonyl (C=O) groups is 1. The summed E-state index contributed by atoms with van der Waals surface area (Å²) in [5.74, 6) is 0.844. The van der Waals surface area contributed by atoms with Crippen molar-refractivity contribution in [3.05, 3.63) is 46.8 Å². The molecule has 6 heteroatoms. The van der Waals surface area contributed by atoms with Crippen molar-refractivity contribution in [3.63, 3.8) is 0 Å². The van der Waals surface area contributed by atoms with Gasteiger partial charge in [0.15, 0.2) is 11.5 Å². The zero-order valence-corrected chi connectivity index (χ0v) is 15.7. The fourth-order valence-corrected chi connectivity index (χ4v) is 3.03. The number of carbonyl (C=O) groups excluding carboxylic acids is 1. The third-order valence-corrected chi connectivity index (χ3v) is 4.46. The van der Waals surface area contributed by atoms with E-state index in [0.29, 0.717) is 12.4 Å². The van der Waals surface area contributed by atoms with E-state index in [9.17, 15) is 10.1 Å². The Bertz CT molecular complexity index is 934. The molecule has 2 heterocycles. The summed E-state index contributed by atoms with van der Waals surface area (Å²) >= 11 is 0. The summed E-state index contributed by atoms with van der Waals surface area (Å²) in [7, 11) is 0. The molecular weight excluding hydrogens is 344 g/mol. The van der Waals surface area contributed by atoms with E-state index in [1.807, 2.05) is 55.7 Å². The lowest BCUT2D eigenvalue weighted by atomic mass is 10.1. The Kier molecular flexibility index (Phi) is 5.51. The number of aromatic nitrogens is 1. The molecule has 1 aliphatic heterocycles. The molecule has 0 amide bonds. The van der Waals surface area contributed by atoms with Crippen LogP contribution in [0.4, 0.5) is 0 Å². The molecule has 27 heavy (non-hydrogen) atoms. The Morgan fingerprint density at radius 3 is 2.81 bits per heavy atom. The predicted octanol–water partition coefficient (Wildman–Crippen LogP) is 4.07. The number of rotatable bonds is 6. The van der Waals surface area contributed by atoms with E-state index in [1.54, 1.807) is 6.08 Å². The Morgan fingerprint density at radius 2 is 2.07 bits per heavy atom. The molecule has 0 saturated carbocycles. The SMILES string of the molecule is CCCCOC(=O)/C(C#N)=C/c1cc(C)n(-c2ccc3c(c2)OCO3)c1C. The summed E-state index contributed by atoms with van der Waals surface area (Å²) in [5.41, 5.74) is 3.62. The van der Waals surface area contributed by atoms with Crippen LogP contribution in [0, 0.1) is 25.2 Å². The molecule has 6 nitrogen and oxygen atoms in total. The number of fused-ring (bicyclic) bond motifs is 1. The Labute approximate surface area is 158 Å². The number of nitriles is 1. The maximum atomic E-state index is 12.1. The summed E-state index contributed by atoms with van der Waals surface area (Å²) in [5, 5.41) is 9.35. The van der Waals surface area contributed by atoms with Crippen LogP contribution in [-0.4, -0.2) is 23.9 Å². The summed E-state index contributed by atoms with van der Waals surface area (Å²) in [6, 6.07) is 9.63. The Balaban J connectivity index is 1.91. The van der Waals surface area contributed by atoms with Crippen molar-refractivity contribution in [3.8, 4) is 23.3 Å². The average molecular weight is 366 g/mol. The third kappa shape index (κ3) is 3.82. The molecule has 2 aromatic rings. The highest BCUT2D eigenvalue weighted by molar-refractivity contribution is 5.98. The largest absolute Gasteiger partial charge is 0.462 e. The molecule has 3 rings (SSSR count). The van der Waals surface area contributed by atoms with Gasteiger partial charge in [0.2, 0.25) is 6.79 Å². The van der Waals surface area contributed by atoms with Crippen molar-refractivity contribution in [2.24, 2.45) is 0 Å². The molecule has 0 bridgehead atoms. The first-order valence-electron chi connectivity index (χ1n) is 8.93. The molecule has 140 valence electrons. The van der Waals surface area contributed by atoms with Crippen molar-refractivity contribution in [1.29, 1.82) is 5.26 Å². The number of unbranched alkanes of at least 4 members (excludes halogenated alkanes) is 1. The molecule has 0 atom stereocenters. The van der Waals surface area contributed by atoms with E-state index in [1.165, 1.54) is 0 Å². The van der Waals surface area contributed by atoms with E-state index >= 15 is 0 Å². The molecule has 0 spiro atoms. The molecule has 0 saturated heterocycles. The van der Waals surface area contributed by atoms with Gasteiger partial charge in [-0.2, -0.15) is 5.26 Å². The number of hydrogen-bond acceptors (Lipinski definition) is 5. The summed E-state index contributed by atoms with van der Waals surface area (Å²) in [6.07, 6.45) is 3.29. The van der Waals surface area contributed by atoms with E-state index in [4.69, 9.17) is 14.2 Å². The van der Waals surface area contributed by atoms with Gasteiger partial charge >= 0.3 is 5.97 Å². The van der Waals surface area contributed by atoms with Gasteiger partial charge in [-0.1, -0.05) is 13.3 Å². The highest BCUT2D eigenvalue weighted by Gasteiger charge is 2.17. The first-order valence-corrected chi connectivity index (χ1v) is 8.93. The number of esters is 1. The van der Waals surface area contributed by atoms with Crippen LogP contribution in [0.15, 0.2) is 29.8 Å². The second-order valence-electron chi connectivity index (χ2n) is 6.36. The topological polar surface area (TPSA) is 73.5 Å². The van der Waals surface area contributed by atoms with E-state index in [2.05, 4.69) is 0 Å². The van der Waals surface area contributed by atoms with Crippen molar-refractivity contribution in [1.82, 2.24) is 4.57 Å². The van der Waals surface area contributed by atoms with Crippen LogP contribution in [0.1, 0.15) is 36.7 Å². The highest BCUT2D eigenvalue weighted by atomic mass is 16.7. The number of ether oxygens (including phenoxy) is 3. The maximum absolute atomic E-state index is 12.1. The van der Waals surface area contributed by atoms with E-state index in [0.717, 1.165) is 41.2 Å². The molecule has 1 aliphatic rings. The fraction of sp³-hybridized carbons (Fsp3) is 0.333. The number of nitrogens with zero attached hydrogens (tertiary/aromatic N) is 2. The fourth-order valence-electron chi connectivity index (χ4n) is 3.03. The molecule has 1 aromatic carbocycles. The van der Waals surface area contributed by atoms with Crippen LogP contribution >= 0.6 is 0 Å². The monoisotopic (exact) mass is 366 g/mol. The smallest absolute Gasteiger partial charge is 0.348 e. The Morgan fingerprint density at radius 1 is 1.30 bits per heavy atom. The summed E-state index contributed by atoms with van der Waals surface area (Å²) < 4.78 is 18.0. The van der Waals surface area contributed by atoms with Crippen LogP contribution in [0.25, 0.3) is 11.8 Å². The lowest BCUT2D eigenvalue weighted by molar-refractivity contribution is -0.138. The molecule has 0 unspecified atom stereocenters. The average Bonchev–Trinajstić information content (AvgIpc) is 3.23. The number of aryl methyl sites for hydroxylation is 1. The minimum atomic E-state index is -0.584. The minimum Gasteiger partial charge on any atom is -0.462 e. The van der Waals surface area contributed by atoms with E-state index in [-0.39, 0.29) is 12.4 Å². The van der Waals surface area contributed by atoms with Gasteiger partial charge in [-0.25, -0.2) is 4.79 Å². The summed E-state index contributed by atoms with van der Waals surface area (Å²) in [6.45, 7) is 6.48. The molecule has 0 N–H and O–H groups in total. The normalized spacial score (nSPS) is 12.7. The van der Waals surface area contributed by atoms with Crippen molar-refractivity contribution >= 4 is 12.0 Å². The molecule has 1 aromatic heterocycles. The van der Waals surface area contributed by atoms with Gasteiger partial charge in [-0.15, -0.1) is 0 Å². The van der Waals surface area contributed by atoms with Gasteiger partial charge in [0, 0.05) is 23.1 Å². The molecule has 0 radical (unpaired) electrons. The van der Waals surface area contributed by atoms with Crippen molar-refractivity contribution < 1.29 is 19.0 Å². The molecular formula is C21H22N2O4. The highest BCUT2D eigenvalue weighted by Crippen LogP contribution is 2.35. The van der Waals surface area contributed by atoms with Crippen LogP contribution < -0.4 is 9.47 Å². The number of hydrogen-bond donors (Lipinski definition) is 0. The van der Waals surface area contributed by atoms with Crippen molar-refractivity contribution in [2.45, 2.75) is 33.6 Å². The summed E-state index contributed by atoms with van der Waals surface area (Å²) in [4.78, 5) is 12.1. The second kappa shape index (κ2) is 8.00. The zero-order valence-electron chi connectivity index (χ0n) is 15.7. The van der Waals surface area contributed by atoms with Crippen LogP contribution in [0.2, 0.25) is 0 Å². The van der Waals surface area contributed by atoms with Crippen LogP contribution in [-0.2, 0) is 9.53 Å². The lowest BCUT2D eigenvalue weighted by Gasteiger charge is -2.10. The lowest BCUT2D eigenvalue weighted by Crippen LogP contribution is -2.08. The standard InChI is InChI=1S/C21H22N2O4/c1-4-5-8-25-21(24)17(12-22)10-16-9-14(2)23(15(16)3)18-6-7-19-20(11-18)27-13-26-19/h6-7,9-11H,4-5,8,13H2,1-3H3/b17-10+. The first kappa shape index (κ1) is 18.6. The van der Waals surface area contributed by atoms with Gasteiger partial charge in [0.1, 0.15) is 11.6 Å². The zero-order chi connectivity index (χ0) is 19.4. The van der Waals surface area contributed by atoms with Crippen LogP contribution in [0.5, 0.6) is 11.5 Å². The Hall–Kier alpha value is -3.20. The quantitative estimate of drug-likeness (QED) is 0.333. The molecule has 0 fully saturated rings. The van der Waals surface area contributed by atoms with Gasteiger partial charge in [0.25, 0.3) is 0 Å². The number of benzene rings is 1. The maximum Gasteiger partial charge on any atom is 0.348 e. The van der Waals surface area contributed by atoms with Gasteiger partial charge < -0.3 is 18.8 Å². The van der Waals surface area contributed by atoms with Gasteiger partial charge in [-0.3, -0.25) is 0 Å². The first-order chi connectivity index (χ1) is 13.0. The molecule has 0 aliphatic carbocycles. The third-order valence-electron chi connectivity index (χ3n) is 4.46. The van der Waals surface area contributed by atoms with Gasteiger partial charge in [-0.05, 0) is 50.1 Å². The predicted molar refractivity (Wildman–Crippen MR) is 101 cm³/mol.